The summed E-state index contributed by atoms with van der Waals surface area (Å²) in [5.41, 5.74) is 0. The second-order valence-electron chi connectivity index (χ2n) is 0.513. The fourth-order valence-corrected chi connectivity index (χ4v) is 0. The third-order valence-corrected chi connectivity index (χ3v) is 0. The molecule has 0 bridgehead atoms. The van der Waals surface area contributed by atoms with Crippen molar-refractivity contribution in [1.82, 2.24) is 0 Å². The Labute approximate surface area is 98.9 Å². The fourth-order valence-electron chi connectivity index (χ4n) is 0. The molecule has 0 aromatic heterocycles. The summed E-state index contributed by atoms with van der Waals surface area (Å²) in [6.07, 6.45) is 0. The number of hydrogen-bond donors (Lipinski definition) is 3. The van der Waals surface area contributed by atoms with Gasteiger partial charge < -0.3 is 61.3 Å². The topological polar surface area (TPSA) is 330 Å². The molecule has 0 saturated carbocycles. The number of rotatable bonds is 0. The van der Waals surface area contributed by atoms with E-state index in [1.165, 1.54) is 0 Å². The quantitative estimate of drug-likeness (QED) is 0.284. The van der Waals surface area contributed by atoms with Gasteiger partial charge in [-0.2, -0.15) is 0 Å². The average Bonchev–Trinajstić information content (AvgIpc) is 0.722. The fraction of sp³-hybridized carbons (Fsp3) is 0. The Kier molecular flexibility index (Phi) is 458. The third kappa shape index (κ3) is 5420. The molecular weight excluding hydrogens is 247 g/mol. The van der Waals surface area contributed by atoms with Crippen LogP contribution in [0, 0.1) is 0 Å². The Morgan fingerprint density at radius 3 is 0.714 bits per heavy atom. The van der Waals surface area contributed by atoms with Crippen molar-refractivity contribution in [1.29, 1.82) is 0 Å². The van der Waals surface area contributed by atoms with Crippen molar-refractivity contribution in [3.8, 4) is 0 Å². The minimum atomic E-state index is -4.64. The summed E-state index contributed by atoms with van der Waals surface area (Å²) in [6, 6.07) is 0. The van der Waals surface area contributed by atoms with Crippen molar-refractivity contribution >= 4 is 30.9 Å². The van der Waals surface area contributed by atoms with Gasteiger partial charge >= 0.3 is 32.3 Å². The smallest absolute Gasteiger partial charge is 1.00 e. The van der Waals surface area contributed by atoms with Crippen LogP contribution in [0.2, 0.25) is 0 Å². The van der Waals surface area contributed by atoms with E-state index in [9.17, 15) is 0 Å². The number of hydrogen-bond acceptors (Lipinski definition) is 1. The van der Waals surface area contributed by atoms with Gasteiger partial charge in [0.15, 0.2) is 0 Å². The molecule has 19 N–H and O–H groups in total. The average molecular weight is 269 g/mol. The zero-order chi connectivity index (χ0) is 4.50. The first-order valence-corrected chi connectivity index (χ1v) is 2.35. The van der Waals surface area contributed by atoms with E-state index in [1.54, 1.807) is 0 Å². The van der Waals surface area contributed by atoms with Crippen LogP contribution in [0.4, 0.5) is 0 Å². The molecule has 0 aromatic rings. The molecule has 0 fully saturated rings. The van der Waals surface area contributed by atoms with Crippen molar-refractivity contribution in [3.63, 3.8) is 0 Å². The maximum absolute atomic E-state index is 8.88. The van der Waals surface area contributed by atoms with Crippen molar-refractivity contribution in [2.24, 2.45) is 0 Å². The van der Waals surface area contributed by atoms with E-state index in [0.29, 0.717) is 0 Å². The van der Waals surface area contributed by atoms with Gasteiger partial charge in [-0.15, -0.1) is 0 Å². The van der Waals surface area contributed by atoms with E-state index in [2.05, 4.69) is 0 Å². The minimum Gasteiger partial charge on any atom is -1.00 e. The van der Waals surface area contributed by atoms with Crippen LogP contribution in [0.25, 0.3) is 0 Å². The van der Waals surface area contributed by atoms with Gasteiger partial charge in [-0.05, 0) is 0 Å². The first-order valence-electron chi connectivity index (χ1n) is 0.783. The van der Waals surface area contributed by atoms with Crippen LogP contribution >= 0.6 is 7.82 Å². The van der Waals surface area contributed by atoms with Crippen molar-refractivity contribution in [3.05, 3.63) is 0 Å². The molecule has 100 valence electrons. The van der Waals surface area contributed by atoms with Gasteiger partial charge in [-0.1, -0.05) is 0 Å². The summed E-state index contributed by atoms with van der Waals surface area (Å²) in [6.45, 7) is 0. The van der Waals surface area contributed by atoms with Crippen LogP contribution in [-0.2, 0) is 4.57 Å². The van der Waals surface area contributed by atoms with E-state index in [0.717, 1.165) is 0 Å². The molecule has 0 unspecified atom stereocenters. The molecule has 14 heavy (non-hydrogen) atoms. The van der Waals surface area contributed by atoms with E-state index < -0.39 is 7.82 Å². The van der Waals surface area contributed by atoms with Crippen LogP contribution in [0.15, 0.2) is 0 Å². The van der Waals surface area contributed by atoms with Gasteiger partial charge in [0, 0.05) is 0 Å². The molecule has 0 heterocycles. The van der Waals surface area contributed by atoms with E-state index in [-0.39, 0.29) is 71.1 Å². The predicted molar refractivity (Wildman–Crippen MR) is 52.3 cm³/mol. The second kappa shape index (κ2) is 49.7. The maximum atomic E-state index is 8.88. The van der Waals surface area contributed by atoms with Crippen LogP contribution in [0.5, 0.6) is 0 Å². The van der Waals surface area contributed by atoms with Crippen LogP contribution < -0.4 is 0 Å². The Hall–Kier alpha value is 0.556. The van der Waals surface area contributed by atoms with Crippen molar-refractivity contribution in [2.45, 2.75) is 0 Å². The summed E-state index contributed by atoms with van der Waals surface area (Å²) in [7, 11) is -4.64. The molecule has 0 aliphatic carbocycles. The Morgan fingerprint density at radius 1 is 0.714 bits per heavy atom. The molecule has 0 aromatic carbocycles. The standard InChI is InChI=1S/Mg.H3O4P.8H2O.2H/c;1-5(2,3)4;;;;;;;;;;/h;(H3,1,2,3,4);8*1H2;;/q+2;;;;;;;;;;2*-1/p+1. The number of phosphoric acid groups is 1. The summed E-state index contributed by atoms with van der Waals surface area (Å²) in [5.74, 6) is 0. The van der Waals surface area contributed by atoms with E-state index in [4.69, 9.17) is 19.2 Å². The zero-order valence-electron chi connectivity index (χ0n) is 9.90. The molecule has 0 aliphatic heterocycles. The molecule has 0 amide bonds. The predicted octanol–water partition coefficient (Wildman–Crippen LogP) is -7.57. The molecule has 0 atom stereocenters. The summed E-state index contributed by atoms with van der Waals surface area (Å²) >= 11 is 0. The Balaban J connectivity index is -0.00000000121. The van der Waals surface area contributed by atoms with Crippen molar-refractivity contribution in [2.75, 3.05) is 0 Å². The van der Waals surface area contributed by atoms with Crippen LogP contribution in [0.1, 0.15) is 4.28 Å². The Bertz CT molecular complexity index is 67.9. The molecule has 14 heteroatoms. The second-order valence-corrected chi connectivity index (χ2v) is 1.54. The molecule has 0 radical (unpaired) electrons. The first kappa shape index (κ1) is 129. The molecule has 0 aliphatic rings. The van der Waals surface area contributed by atoms with E-state index in [1.807, 2.05) is 0 Å². The van der Waals surface area contributed by atoms with Gasteiger partial charge in [0.2, 0.25) is 0 Å². The molecular formula is H22MgO12P+. The monoisotopic (exact) mass is 269 g/mol. The zero-order valence-corrected chi connectivity index (χ0v) is 9.21. The van der Waals surface area contributed by atoms with Gasteiger partial charge in [-0.25, -0.2) is 4.57 Å². The Morgan fingerprint density at radius 2 is 0.714 bits per heavy atom. The maximum Gasteiger partial charge on any atom is 2.00 e. The molecule has 0 spiro atoms. The summed E-state index contributed by atoms with van der Waals surface area (Å²) in [5, 5.41) is 0. The summed E-state index contributed by atoms with van der Waals surface area (Å²) in [4.78, 5) is 21.6. The SMILES string of the molecule is O.O.O.O.O.O.O.O.O=P(O)(O)O.[H+].[H-].[H-].[Mg+2]. The molecule has 0 rings (SSSR count). The van der Waals surface area contributed by atoms with Gasteiger partial charge in [0.05, 0.1) is 0 Å². The minimum absolute atomic E-state index is 0. The molecule has 0 saturated heterocycles. The molecule has 12 nitrogen and oxygen atoms in total. The third-order valence-electron chi connectivity index (χ3n) is 0. The van der Waals surface area contributed by atoms with Crippen molar-refractivity contribution < 1.29 is 67.3 Å². The van der Waals surface area contributed by atoms with Gasteiger partial charge in [-0.3, -0.25) is 0 Å². The first-order chi connectivity index (χ1) is 2.00. The van der Waals surface area contributed by atoms with Gasteiger partial charge in [0.25, 0.3) is 0 Å². The van der Waals surface area contributed by atoms with Crippen LogP contribution in [-0.4, -0.2) is 81.5 Å². The van der Waals surface area contributed by atoms with Gasteiger partial charge in [0.1, 0.15) is 0 Å². The largest absolute Gasteiger partial charge is 2.00 e. The van der Waals surface area contributed by atoms with E-state index >= 15 is 0 Å². The summed E-state index contributed by atoms with van der Waals surface area (Å²) < 4.78 is 8.88. The van der Waals surface area contributed by atoms with Crippen LogP contribution in [0.3, 0.4) is 0 Å². The normalized spacial score (nSPS) is 4.21.